The van der Waals surface area contributed by atoms with Gasteiger partial charge in [-0.3, -0.25) is 0 Å². The summed E-state index contributed by atoms with van der Waals surface area (Å²) in [6, 6.07) is -1.37. The summed E-state index contributed by atoms with van der Waals surface area (Å²) in [6.07, 6.45) is 1.65. The van der Waals surface area contributed by atoms with Gasteiger partial charge in [-0.1, -0.05) is 6.08 Å². The van der Waals surface area contributed by atoms with Crippen LogP contribution in [0.15, 0.2) is 12.7 Å². The molecule has 0 saturated heterocycles. The Balaban J connectivity index is 4.11. The lowest BCUT2D eigenvalue weighted by Gasteiger charge is -2.20. The molecule has 2 N–H and O–H groups in total. The van der Waals surface area contributed by atoms with Gasteiger partial charge in [0, 0.05) is 20.2 Å². The molecule has 1 unspecified atom stereocenters. The van der Waals surface area contributed by atoms with Gasteiger partial charge in [0.05, 0.1) is 6.61 Å². The second kappa shape index (κ2) is 8.58. The van der Waals surface area contributed by atoms with Crippen LogP contribution in [0.5, 0.6) is 0 Å². The van der Waals surface area contributed by atoms with Crippen molar-refractivity contribution < 1.29 is 19.4 Å². The predicted octanol–water partition coefficient (Wildman–Crippen LogP) is 0.694. The number of carbonyl (C=O) groups is 2. The fourth-order valence-corrected chi connectivity index (χ4v) is 1.09. The minimum atomic E-state index is -1.07. The molecule has 0 aliphatic carbocycles. The number of hydrogen-bond donors (Lipinski definition) is 2. The number of hydrogen-bond acceptors (Lipinski definition) is 3. The van der Waals surface area contributed by atoms with Crippen molar-refractivity contribution in [3.8, 4) is 0 Å². The molecule has 6 heteroatoms. The average Bonchev–Trinajstić information content (AvgIpc) is 2.28. The number of ether oxygens (including phenoxy) is 1. The zero-order chi connectivity index (χ0) is 13.3. The molecule has 0 radical (unpaired) electrons. The molecule has 0 rings (SSSR count). The van der Waals surface area contributed by atoms with Crippen LogP contribution >= 0.6 is 0 Å². The first-order valence-electron chi connectivity index (χ1n) is 5.46. The Kier molecular flexibility index (Phi) is 7.79. The first-order chi connectivity index (χ1) is 8.02. The van der Waals surface area contributed by atoms with Crippen molar-refractivity contribution in [2.75, 3.05) is 26.8 Å². The number of nitrogens with zero attached hydrogens (tertiary/aromatic N) is 1. The summed E-state index contributed by atoms with van der Waals surface area (Å²) in [6.45, 7) is 6.75. The quantitative estimate of drug-likeness (QED) is 0.486. The molecule has 17 heavy (non-hydrogen) atoms. The van der Waals surface area contributed by atoms with Crippen LogP contribution in [-0.4, -0.2) is 54.9 Å². The average molecular weight is 244 g/mol. The number of urea groups is 1. The van der Waals surface area contributed by atoms with Crippen molar-refractivity contribution in [3.63, 3.8) is 0 Å². The Hall–Kier alpha value is -1.56. The van der Waals surface area contributed by atoms with E-state index in [2.05, 4.69) is 11.9 Å². The molecule has 0 aliphatic rings. The molecule has 6 nitrogen and oxygen atoms in total. The molecular formula is C11H20N2O4. The van der Waals surface area contributed by atoms with Gasteiger partial charge in [0.15, 0.2) is 0 Å². The van der Waals surface area contributed by atoms with Gasteiger partial charge in [-0.25, -0.2) is 9.59 Å². The Morgan fingerprint density at radius 2 is 2.24 bits per heavy atom. The van der Waals surface area contributed by atoms with Crippen molar-refractivity contribution in [3.05, 3.63) is 12.7 Å². The summed E-state index contributed by atoms with van der Waals surface area (Å²) in [5, 5.41) is 11.2. The highest BCUT2D eigenvalue weighted by atomic mass is 16.5. The summed E-state index contributed by atoms with van der Waals surface area (Å²) in [5.41, 5.74) is 0. The van der Waals surface area contributed by atoms with Crippen LogP contribution < -0.4 is 5.32 Å². The number of carbonyl (C=O) groups excluding carboxylic acids is 1. The third-order valence-electron chi connectivity index (χ3n) is 2.12. The molecule has 0 spiro atoms. The van der Waals surface area contributed by atoms with Gasteiger partial charge in [-0.05, 0) is 13.3 Å². The fourth-order valence-electron chi connectivity index (χ4n) is 1.09. The van der Waals surface area contributed by atoms with Crippen LogP contribution in [0.4, 0.5) is 4.79 Å². The SMILES string of the molecule is C=CCC(NC(=O)N(C)CCOCC)C(=O)O. The van der Waals surface area contributed by atoms with Gasteiger partial charge in [0.1, 0.15) is 6.04 Å². The molecule has 0 heterocycles. The maximum absolute atomic E-state index is 11.6. The van der Waals surface area contributed by atoms with E-state index in [4.69, 9.17) is 9.84 Å². The van der Waals surface area contributed by atoms with E-state index in [0.29, 0.717) is 19.8 Å². The number of carboxylic acid groups (broad SMARTS) is 1. The second-order valence-electron chi connectivity index (χ2n) is 3.48. The van der Waals surface area contributed by atoms with Gasteiger partial charge in [0.25, 0.3) is 0 Å². The Labute approximate surface area is 101 Å². The lowest BCUT2D eigenvalue weighted by Crippen LogP contribution is -2.47. The number of likely N-dealkylation sites (N-methyl/N-ethyl adjacent to an activating group) is 1. The molecule has 0 aromatic rings. The van der Waals surface area contributed by atoms with E-state index in [1.165, 1.54) is 11.0 Å². The zero-order valence-electron chi connectivity index (χ0n) is 10.3. The number of rotatable bonds is 8. The van der Waals surface area contributed by atoms with Crippen molar-refractivity contribution in [2.45, 2.75) is 19.4 Å². The molecule has 0 aromatic heterocycles. The van der Waals surface area contributed by atoms with E-state index >= 15 is 0 Å². The monoisotopic (exact) mass is 244 g/mol. The van der Waals surface area contributed by atoms with E-state index < -0.39 is 18.0 Å². The van der Waals surface area contributed by atoms with E-state index in [1.807, 2.05) is 6.92 Å². The Morgan fingerprint density at radius 3 is 2.71 bits per heavy atom. The third-order valence-corrected chi connectivity index (χ3v) is 2.12. The van der Waals surface area contributed by atoms with Crippen molar-refractivity contribution in [1.82, 2.24) is 10.2 Å². The normalized spacial score (nSPS) is 11.6. The minimum absolute atomic E-state index is 0.195. The number of nitrogens with one attached hydrogen (secondary N) is 1. The van der Waals surface area contributed by atoms with Gasteiger partial charge < -0.3 is 20.1 Å². The summed E-state index contributed by atoms with van der Waals surface area (Å²) in [4.78, 5) is 23.8. The summed E-state index contributed by atoms with van der Waals surface area (Å²) in [7, 11) is 1.58. The Bertz CT molecular complexity index is 268. The van der Waals surface area contributed by atoms with Crippen LogP contribution in [-0.2, 0) is 9.53 Å². The highest BCUT2D eigenvalue weighted by Crippen LogP contribution is 1.95. The lowest BCUT2D eigenvalue weighted by atomic mass is 10.2. The molecule has 98 valence electrons. The van der Waals surface area contributed by atoms with Crippen LogP contribution in [0.2, 0.25) is 0 Å². The number of aliphatic carboxylic acids is 1. The van der Waals surface area contributed by atoms with Crippen molar-refractivity contribution >= 4 is 12.0 Å². The predicted molar refractivity (Wildman–Crippen MR) is 63.9 cm³/mol. The number of carboxylic acids is 1. The highest BCUT2D eigenvalue weighted by molar-refractivity contribution is 5.82. The molecule has 0 bridgehead atoms. The van der Waals surface area contributed by atoms with Gasteiger partial charge in [-0.2, -0.15) is 0 Å². The van der Waals surface area contributed by atoms with Gasteiger partial charge >= 0.3 is 12.0 Å². The van der Waals surface area contributed by atoms with Gasteiger partial charge in [0.2, 0.25) is 0 Å². The molecule has 0 saturated carbocycles. The van der Waals surface area contributed by atoms with Crippen molar-refractivity contribution in [2.24, 2.45) is 0 Å². The highest BCUT2D eigenvalue weighted by Gasteiger charge is 2.19. The summed E-state index contributed by atoms with van der Waals surface area (Å²) >= 11 is 0. The largest absolute Gasteiger partial charge is 0.480 e. The molecule has 1 atom stereocenters. The summed E-state index contributed by atoms with van der Waals surface area (Å²) < 4.78 is 5.10. The fraction of sp³-hybridized carbons (Fsp3) is 0.636. The lowest BCUT2D eigenvalue weighted by molar-refractivity contribution is -0.139. The topological polar surface area (TPSA) is 78.9 Å². The van der Waals surface area contributed by atoms with E-state index in [9.17, 15) is 9.59 Å². The van der Waals surface area contributed by atoms with Crippen molar-refractivity contribution in [1.29, 1.82) is 0 Å². The Morgan fingerprint density at radius 1 is 1.59 bits per heavy atom. The first kappa shape index (κ1) is 15.4. The smallest absolute Gasteiger partial charge is 0.326 e. The number of amides is 2. The summed E-state index contributed by atoms with van der Waals surface area (Å²) in [5.74, 6) is -1.07. The molecule has 0 aromatic carbocycles. The molecule has 0 aliphatic heterocycles. The maximum atomic E-state index is 11.6. The zero-order valence-corrected chi connectivity index (χ0v) is 10.3. The maximum Gasteiger partial charge on any atom is 0.326 e. The second-order valence-corrected chi connectivity index (χ2v) is 3.48. The minimum Gasteiger partial charge on any atom is -0.480 e. The van der Waals surface area contributed by atoms with Crippen LogP contribution in [0, 0.1) is 0 Å². The van der Waals surface area contributed by atoms with Crippen LogP contribution in [0.25, 0.3) is 0 Å². The van der Waals surface area contributed by atoms with E-state index in [-0.39, 0.29) is 6.42 Å². The van der Waals surface area contributed by atoms with Crippen LogP contribution in [0.1, 0.15) is 13.3 Å². The van der Waals surface area contributed by atoms with Gasteiger partial charge in [-0.15, -0.1) is 6.58 Å². The van der Waals surface area contributed by atoms with Crippen LogP contribution in [0.3, 0.4) is 0 Å². The van der Waals surface area contributed by atoms with E-state index in [0.717, 1.165) is 0 Å². The molecule has 0 fully saturated rings. The van der Waals surface area contributed by atoms with E-state index in [1.54, 1.807) is 7.05 Å². The molecular weight excluding hydrogens is 224 g/mol. The standard InChI is InChI=1S/C11H20N2O4/c1-4-6-9(10(14)15)12-11(16)13(3)7-8-17-5-2/h4,9H,1,5-8H2,2-3H3,(H,12,16)(H,14,15). The third kappa shape index (κ3) is 6.57. The first-order valence-corrected chi connectivity index (χ1v) is 5.46. The molecule has 2 amide bonds.